The van der Waals surface area contributed by atoms with Gasteiger partial charge in [0.25, 0.3) is 0 Å². The summed E-state index contributed by atoms with van der Waals surface area (Å²) in [5.41, 5.74) is 0. The molecule has 1 atom stereocenters. The average molecular weight is 1160 g/mol. The summed E-state index contributed by atoms with van der Waals surface area (Å²) < 4.78 is 17.0. The lowest BCUT2D eigenvalue weighted by atomic mass is 10.0. The Morgan fingerprint density at radius 1 is 0.253 bits per heavy atom. The number of allylic oxidation sites excluding steroid dienone is 14. The van der Waals surface area contributed by atoms with Crippen molar-refractivity contribution in [1.82, 2.24) is 0 Å². The van der Waals surface area contributed by atoms with E-state index in [1.54, 1.807) is 0 Å². The molecule has 1 unspecified atom stereocenters. The van der Waals surface area contributed by atoms with Crippen molar-refractivity contribution in [2.75, 3.05) is 13.2 Å². The van der Waals surface area contributed by atoms with Crippen molar-refractivity contribution in [2.24, 2.45) is 0 Å². The molecular formula is C77H136O6. The number of carbonyl (C=O) groups excluding carboxylic acids is 3. The third-order valence-corrected chi connectivity index (χ3v) is 15.9. The molecule has 0 aromatic heterocycles. The van der Waals surface area contributed by atoms with E-state index in [1.165, 1.54) is 218 Å². The van der Waals surface area contributed by atoms with Crippen molar-refractivity contribution in [3.05, 3.63) is 85.1 Å². The Morgan fingerprint density at radius 2 is 0.470 bits per heavy atom. The molecule has 0 radical (unpaired) electrons. The molecule has 6 nitrogen and oxygen atoms in total. The topological polar surface area (TPSA) is 78.9 Å². The number of rotatable bonds is 66. The molecule has 480 valence electrons. The normalized spacial score (nSPS) is 12.6. The van der Waals surface area contributed by atoms with Crippen LogP contribution in [-0.2, 0) is 28.6 Å². The summed E-state index contributed by atoms with van der Waals surface area (Å²) >= 11 is 0. The van der Waals surface area contributed by atoms with Gasteiger partial charge in [-0.3, -0.25) is 14.4 Å². The zero-order valence-corrected chi connectivity index (χ0v) is 55.2. The molecule has 0 amide bonds. The lowest BCUT2D eigenvalue weighted by molar-refractivity contribution is -0.167. The molecule has 0 aliphatic rings. The van der Waals surface area contributed by atoms with E-state index >= 15 is 0 Å². The smallest absolute Gasteiger partial charge is 0.306 e. The SMILES string of the molecule is CC/C=C\C/C=C\C/C=C\C/C=C\C/C=C\C/C=C\C/C=C\CCCCCCCCCCCC(=O)OCC(COC(=O)CCCCCCCCCCCCCCCCCCC)OC(=O)CCCCCCCCCCCCCCCCCCC. The highest BCUT2D eigenvalue weighted by Crippen LogP contribution is 2.18. The summed E-state index contributed by atoms with van der Waals surface area (Å²) in [7, 11) is 0. The average Bonchev–Trinajstić information content (AvgIpc) is 3.49. The second-order valence-electron chi connectivity index (χ2n) is 24.1. The van der Waals surface area contributed by atoms with E-state index in [4.69, 9.17) is 14.2 Å². The largest absolute Gasteiger partial charge is 0.462 e. The summed E-state index contributed by atoms with van der Waals surface area (Å²) in [6.07, 6.45) is 94.6. The Labute approximate surface area is 515 Å². The summed E-state index contributed by atoms with van der Waals surface area (Å²) in [6.45, 7) is 6.59. The summed E-state index contributed by atoms with van der Waals surface area (Å²) in [5.74, 6) is -0.853. The van der Waals surface area contributed by atoms with E-state index < -0.39 is 6.10 Å². The van der Waals surface area contributed by atoms with E-state index in [0.717, 1.165) is 109 Å². The summed E-state index contributed by atoms with van der Waals surface area (Å²) in [6, 6.07) is 0. The minimum Gasteiger partial charge on any atom is -0.462 e. The monoisotopic (exact) mass is 1160 g/mol. The second kappa shape index (κ2) is 71.1. The van der Waals surface area contributed by atoms with Crippen LogP contribution in [0.15, 0.2) is 85.1 Å². The fourth-order valence-electron chi connectivity index (χ4n) is 10.5. The third-order valence-electron chi connectivity index (χ3n) is 15.9. The first-order valence-electron chi connectivity index (χ1n) is 36.1. The van der Waals surface area contributed by atoms with E-state index in [0.29, 0.717) is 19.3 Å². The van der Waals surface area contributed by atoms with Gasteiger partial charge in [-0.15, -0.1) is 0 Å². The zero-order valence-electron chi connectivity index (χ0n) is 55.2. The maximum atomic E-state index is 13.0. The molecule has 0 heterocycles. The van der Waals surface area contributed by atoms with Crippen molar-refractivity contribution < 1.29 is 28.6 Å². The number of hydrogen-bond acceptors (Lipinski definition) is 6. The lowest BCUT2D eigenvalue weighted by Crippen LogP contribution is -2.30. The Hall–Kier alpha value is -3.41. The third kappa shape index (κ3) is 69.3. The minimum absolute atomic E-state index is 0.0718. The Bertz CT molecular complexity index is 1570. The Kier molecular flexibility index (Phi) is 68.2. The van der Waals surface area contributed by atoms with Crippen molar-refractivity contribution in [3.8, 4) is 0 Å². The van der Waals surface area contributed by atoms with Crippen LogP contribution in [0.3, 0.4) is 0 Å². The first-order valence-corrected chi connectivity index (χ1v) is 36.1. The van der Waals surface area contributed by atoms with Crippen molar-refractivity contribution in [3.63, 3.8) is 0 Å². The number of unbranched alkanes of at least 4 members (excludes halogenated alkanes) is 41. The molecule has 0 rings (SSSR count). The number of hydrogen-bond donors (Lipinski definition) is 0. The van der Waals surface area contributed by atoms with Gasteiger partial charge in [-0.05, 0) is 77.0 Å². The first kappa shape index (κ1) is 79.6. The van der Waals surface area contributed by atoms with Crippen LogP contribution in [0.1, 0.15) is 367 Å². The van der Waals surface area contributed by atoms with Crippen LogP contribution in [-0.4, -0.2) is 37.2 Å². The van der Waals surface area contributed by atoms with Crippen molar-refractivity contribution in [1.29, 1.82) is 0 Å². The zero-order chi connectivity index (χ0) is 59.9. The second-order valence-corrected chi connectivity index (χ2v) is 24.1. The predicted molar refractivity (Wildman–Crippen MR) is 362 cm³/mol. The molecule has 0 N–H and O–H groups in total. The van der Waals surface area contributed by atoms with Crippen LogP contribution in [0.5, 0.6) is 0 Å². The minimum atomic E-state index is -0.777. The molecule has 0 fully saturated rings. The van der Waals surface area contributed by atoms with Crippen LogP contribution >= 0.6 is 0 Å². The fraction of sp³-hybridized carbons (Fsp3) is 0.779. The summed E-state index contributed by atoms with van der Waals surface area (Å²) in [5, 5.41) is 0. The van der Waals surface area contributed by atoms with Gasteiger partial charge in [0.05, 0.1) is 0 Å². The molecule has 0 aromatic rings. The van der Waals surface area contributed by atoms with Crippen LogP contribution < -0.4 is 0 Å². The van der Waals surface area contributed by atoms with E-state index in [-0.39, 0.29) is 31.1 Å². The molecule has 6 heteroatoms. The molecule has 0 spiro atoms. The van der Waals surface area contributed by atoms with Crippen molar-refractivity contribution >= 4 is 17.9 Å². The van der Waals surface area contributed by atoms with E-state index in [1.807, 2.05) is 0 Å². The van der Waals surface area contributed by atoms with Crippen LogP contribution in [0.4, 0.5) is 0 Å². The molecule has 0 bridgehead atoms. The van der Waals surface area contributed by atoms with Gasteiger partial charge in [0, 0.05) is 19.3 Å². The first-order chi connectivity index (χ1) is 41.0. The van der Waals surface area contributed by atoms with Crippen molar-refractivity contribution in [2.45, 2.75) is 374 Å². The Balaban J connectivity index is 4.29. The molecule has 0 aliphatic heterocycles. The van der Waals surface area contributed by atoms with Crippen LogP contribution in [0.2, 0.25) is 0 Å². The highest BCUT2D eigenvalue weighted by molar-refractivity contribution is 5.71. The highest BCUT2D eigenvalue weighted by atomic mass is 16.6. The molecular weight excluding hydrogens is 1020 g/mol. The number of ether oxygens (including phenoxy) is 3. The van der Waals surface area contributed by atoms with Gasteiger partial charge in [-0.1, -0.05) is 356 Å². The van der Waals surface area contributed by atoms with Gasteiger partial charge in [-0.25, -0.2) is 0 Å². The fourth-order valence-corrected chi connectivity index (χ4v) is 10.5. The van der Waals surface area contributed by atoms with E-state index in [2.05, 4.69) is 106 Å². The van der Waals surface area contributed by atoms with Crippen LogP contribution in [0, 0.1) is 0 Å². The van der Waals surface area contributed by atoms with Gasteiger partial charge in [0.1, 0.15) is 13.2 Å². The Morgan fingerprint density at radius 3 is 0.735 bits per heavy atom. The maximum Gasteiger partial charge on any atom is 0.306 e. The predicted octanol–water partition coefficient (Wildman–Crippen LogP) is 25.0. The van der Waals surface area contributed by atoms with Gasteiger partial charge in [0.15, 0.2) is 6.10 Å². The van der Waals surface area contributed by atoms with E-state index in [9.17, 15) is 14.4 Å². The standard InChI is InChI=1S/C77H136O6/c1-4-7-10-13-16-19-22-25-28-31-32-33-34-35-36-37-38-39-40-41-42-43-44-47-49-52-55-58-61-64-67-70-76(79)82-73-74(83-77(80)71-68-65-62-59-56-53-50-46-30-27-24-21-18-15-12-9-6-3)72-81-75(78)69-66-63-60-57-54-51-48-45-29-26-23-20-17-14-11-8-5-2/h7,10,16,19,25,28,32-33,35-36,38-39,41-42,74H,4-6,8-9,11-15,17-18,20-24,26-27,29-31,34,37,40,43-73H2,1-3H3/b10-7-,19-16-,28-25-,33-32-,36-35-,39-38-,42-41-. The molecule has 0 saturated carbocycles. The molecule has 0 aliphatic carbocycles. The maximum absolute atomic E-state index is 13.0. The van der Waals surface area contributed by atoms with Gasteiger partial charge < -0.3 is 14.2 Å². The molecule has 0 saturated heterocycles. The molecule has 83 heavy (non-hydrogen) atoms. The molecule has 0 aromatic carbocycles. The summed E-state index contributed by atoms with van der Waals surface area (Å²) in [4.78, 5) is 38.5. The lowest BCUT2D eigenvalue weighted by Gasteiger charge is -2.18. The number of carbonyl (C=O) groups is 3. The highest BCUT2D eigenvalue weighted by Gasteiger charge is 2.19. The van der Waals surface area contributed by atoms with Gasteiger partial charge in [0.2, 0.25) is 0 Å². The van der Waals surface area contributed by atoms with Gasteiger partial charge in [-0.2, -0.15) is 0 Å². The van der Waals surface area contributed by atoms with Gasteiger partial charge >= 0.3 is 17.9 Å². The quantitative estimate of drug-likeness (QED) is 0.0261. The van der Waals surface area contributed by atoms with Crippen LogP contribution in [0.25, 0.3) is 0 Å². The number of esters is 3.